The number of hydrogen-bond acceptors (Lipinski definition) is 4. The van der Waals surface area contributed by atoms with E-state index >= 15 is 0 Å². The summed E-state index contributed by atoms with van der Waals surface area (Å²) >= 11 is 1.72. The molecule has 0 fully saturated rings. The van der Waals surface area contributed by atoms with Crippen molar-refractivity contribution in [1.29, 1.82) is 0 Å². The summed E-state index contributed by atoms with van der Waals surface area (Å²) in [6, 6.07) is 8.17. The molecule has 2 rings (SSSR count). The van der Waals surface area contributed by atoms with E-state index in [0.717, 1.165) is 29.9 Å². The summed E-state index contributed by atoms with van der Waals surface area (Å²) in [6.07, 6.45) is 3.18. The zero-order valence-corrected chi connectivity index (χ0v) is 12.1. The molecule has 0 radical (unpaired) electrons. The normalized spacial score (nSPS) is 13.0. The molecule has 1 heterocycles. The third-order valence-electron chi connectivity index (χ3n) is 2.97. The van der Waals surface area contributed by atoms with E-state index in [2.05, 4.69) is 22.5 Å². The number of thiazole rings is 1. The van der Waals surface area contributed by atoms with Gasteiger partial charge < -0.3 is 5.11 Å². The van der Waals surface area contributed by atoms with Crippen molar-refractivity contribution in [3.05, 3.63) is 41.9 Å². The molecular weight excluding hydrogens is 256 g/mol. The molecule has 4 heteroatoms. The molecule has 0 spiro atoms. The van der Waals surface area contributed by atoms with Gasteiger partial charge in [0.25, 0.3) is 0 Å². The predicted octanol–water partition coefficient (Wildman–Crippen LogP) is 3.06. The summed E-state index contributed by atoms with van der Waals surface area (Å²) in [5.74, 6) is 0. The highest BCUT2D eigenvalue weighted by Crippen LogP contribution is 2.22. The smallest absolute Gasteiger partial charge is 0.108 e. The highest BCUT2D eigenvalue weighted by atomic mass is 32.1. The first-order chi connectivity index (χ1) is 9.19. The minimum absolute atomic E-state index is 0.294. The molecule has 0 bridgehead atoms. The number of nitrogens with zero attached hydrogens (tertiary/aromatic N) is 2. The number of fused-ring (bicyclic) bond motifs is 1. The number of para-hydroxylation sites is 1. The van der Waals surface area contributed by atoms with E-state index in [1.165, 1.54) is 4.70 Å². The lowest BCUT2D eigenvalue weighted by molar-refractivity contribution is 0.116. The summed E-state index contributed by atoms with van der Waals surface area (Å²) in [5.41, 5.74) is 1.06. The molecule has 1 atom stereocenters. The van der Waals surface area contributed by atoms with Crippen molar-refractivity contribution < 1.29 is 5.11 Å². The van der Waals surface area contributed by atoms with Crippen LogP contribution in [0.3, 0.4) is 0 Å². The van der Waals surface area contributed by atoms with Crippen LogP contribution in [0.4, 0.5) is 0 Å². The van der Waals surface area contributed by atoms with E-state index in [0.29, 0.717) is 6.54 Å². The van der Waals surface area contributed by atoms with Crippen molar-refractivity contribution in [3.63, 3.8) is 0 Å². The Morgan fingerprint density at radius 2 is 2.26 bits per heavy atom. The van der Waals surface area contributed by atoms with E-state index in [4.69, 9.17) is 0 Å². The zero-order valence-electron chi connectivity index (χ0n) is 11.2. The van der Waals surface area contributed by atoms with Gasteiger partial charge in [-0.2, -0.15) is 0 Å². The van der Waals surface area contributed by atoms with Gasteiger partial charge in [0.1, 0.15) is 5.01 Å². The van der Waals surface area contributed by atoms with Gasteiger partial charge in [0, 0.05) is 6.54 Å². The summed E-state index contributed by atoms with van der Waals surface area (Å²) in [6.45, 7) is 5.12. The lowest BCUT2D eigenvalue weighted by Gasteiger charge is -2.18. The van der Waals surface area contributed by atoms with Crippen LogP contribution in [-0.4, -0.2) is 34.7 Å². The molecule has 0 aliphatic heterocycles. The highest BCUT2D eigenvalue weighted by molar-refractivity contribution is 7.18. The number of likely N-dealkylation sites (N-methyl/N-ethyl adjacent to an activating group) is 1. The molecule has 0 aliphatic carbocycles. The Bertz CT molecular complexity index is 505. The van der Waals surface area contributed by atoms with E-state index in [-0.39, 0.29) is 6.10 Å². The standard InChI is InChI=1S/C15H20N2OS/c1-3-4-7-12(18)10-17(2)11-15-16-13-8-5-6-9-14(13)19-15/h3,5-6,8-9,12,18H,1,4,7,10-11H2,2H3. The first kappa shape index (κ1) is 14.2. The van der Waals surface area contributed by atoms with Gasteiger partial charge in [0.15, 0.2) is 0 Å². The fourth-order valence-corrected chi connectivity index (χ4v) is 3.09. The fraction of sp³-hybridized carbons (Fsp3) is 0.400. The van der Waals surface area contributed by atoms with Crippen LogP contribution in [-0.2, 0) is 6.54 Å². The Hall–Kier alpha value is -1.23. The summed E-state index contributed by atoms with van der Waals surface area (Å²) < 4.78 is 1.22. The van der Waals surface area contributed by atoms with Crippen LogP contribution < -0.4 is 0 Å². The molecule has 102 valence electrons. The molecule has 3 nitrogen and oxygen atoms in total. The maximum Gasteiger partial charge on any atom is 0.108 e. The van der Waals surface area contributed by atoms with Crippen molar-refractivity contribution in [1.82, 2.24) is 9.88 Å². The van der Waals surface area contributed by atoms with Crippen LogP contribution in [0.15, 0.2) is 36.9 Å². The minimum Gasteiger partial charge on any atom is -0.392 e. The molecule has 1 aromatic heterocycles. The highest BCUT2D eigenvalue weighted by Gasteiger charge is 2.10. The molecule has 1 aromatic carbocycles. The van der Waals surface area contributed by atoms with E-state index in [1.807, 2.05) is 31.3 Å². The molecule has 0 saturated carbocycles. The van der Waals surface area contributed by atoms with Gasteiger partial charge in [-0.1, -0.05) is 18.2 Å². The van der Waals surface area contributed by atoms with Crippen LogP contribution in [0.2, 0.25) is 0 Å². The number of aliphatic hydroxyl groups is 1. The molecule has 2 aromatic rings. The number of aromatic nitrogens is 1. The SMILES string of the molecule is C=CCCC(O)CN(C)Cc1nc2ccccc2s1. The van der Waals surface area contributed by atoms with Crippen LogP contribution in [0.5, 0.6) is 0 Å². The molecular formula is C15H20N2OS. The van der Waals surface area contributed by atoms with Crippen LogP contribution >= 0.6 is 11.3 Å². The van der Waals surface area contributed by atoms with E-state index in [1.54, 1.807) is 11.3 Å². The predicted molar refractivity (Wildman–Crippen MR) is 81.4 cm³/mol. The molecule has 0 amide bonds. The molecule has 1 unspecified atom stereocenters. The summed E-state index contributed by atoms with van der Waals surface area (Å²) in [7, 11) is 2.02. The number of allylic oxidation sites excluding steroid dienone is 1. The second-order valence-corrected chi connectivity index (χ2v) is 5.91. The maximum atomic E-state index is 9.86. The number of rotatable bonds is 7. The number of hydrogen-bond donors (Lipinski definition) is 1. The minimum atomic E-state index is -0.294. The lowest BCUT2D eigenvalue weighted by atomic mass is 10.2. The largest absolute Gasteiger partial charge is 0.392 e. The van der Waals surface area contributed by atoms with Gasteiger partial charge in [-0.15, -0.1) is 17.9 Å². The third kappa shape index (κ3) is 4.13. The van der Waals surface area contributed by atoms with Gasteiger partial charge in [0.2, 0.25) is 0 Å². The van der Waals surface area contributed by atoms with Crippen LogP contribution in [0.1, 0.15) is 17.8 Å². The topological polar surface area (TPSA) is 36.4 Å². The molecule has 0 saturated heterocycles. The lowest BCUT2D eigenvalue weighted by Crippen LogP contribution is -2.28. The van der Waals surface area contributed by atoms with Crippen molar-refractivity contribution in [2.75, 3.05) is 13.6 Å². The molecule has 0 aliphatic rings. The third-order valence-corrected chi connectivity index (χ3v) is 3.99. The Morgan fingerprint density at radius 1 is 1.47 bits per heavy atom. The zero-order chi connectivity index (χ0) is 13.7. The van der Waals surface area contributed by atoms with Gasteiger partial charge in [-0.25, -0.2) is 4.98 Å². The van der Waals surface area contributed by atoms with Gasteiger partial charge >= 0.3 is 0 Å². The van der Waals surface area contributed by atoms with Gasteiger partial charge in [-0.3, -0.25) is 4.90 Å². The van der Waals surface area contributed by atoms with Crippen LogP contribution in [0.25, 0.3) is 10.2 Å². The first-order valence-electron chi connectivity index (χ1n) is 6.51. The first-order valence-corrected chi connectivity index (χ1v) is 7.32. The fourth-order valence-electron chi connectivity index (χ4n) is 2.04. The number of benzene rings is 1. The maximum absolute atomic E-state index is 9.86. The van der Waals surface area contributed by atoms with Crippen molar-refractivity contribution >= 4 is 21.6 Å². The second-order valence-electron chi connectivity index (χ2n) is 4.79. The Balaban J connectivity index is 1.91. The molecule has 1 N–H and O–H groups in total. The van der Waals surface area contributed by atoms with E-state index in [9.17, 15) is 5.11 Å². The Labute approximate surface area is 118 Å². The average molecular weight is 276 g/mol. The molecule has 19 heavy (non-hydrogen) atoms. The van der Waals surface area contributed by atoms with Crippen LogP contribution in [0, 0.1) is 0 Å². The van der Waals surface area contributed by atoms with Crippen molar-refractivity contribution in [2.45, 2.75) is 25.5 Å². The van der Waals surface area contributed by atoms with Gasteiger partial charge in [-0.05, 0) is 32.0 Å². The second kappa shape index (κ2) is 6.80. The number of aliphatic hydroxyl groups excluding tert-OH is 1. The summed E-state index contributed by atoms with van der Waals surface area (Å²) in [5, 5.41) is 11.0. The summed E-state index contributed by atoms with van der Waals surface area (Å²) in [4.78, 5) is 6.72. The average Bonchev–Trinajstić information content (AvgIpc) is 2.78. The van der Waals surface area contributed by atoms with Crippen molar-refractivity contribution in [2.24, 2.45) is 0 Å². The Kier molecular flexibility index (Phi) is 5.07. The monoisotopic (exact) mass is 276 g/mol. The Morgan fingerprint density at radius 3 is 3.00 bits per heavy atom. The van der Waals surface area contributed by atoms with Crippen molar-refractivity contribution in [3.8, 4) is 0 Å². The quantitative estimate of drug-likeness (QED) is 0.790. The van der Waals surface area contributed by atoms with Gasteiger partial charge in [0.05, 0.1) is 22.9 Å². The van der Waals surface area contributed by atoms with E-state index < -0.39 is 0 Å².